The van der Waals surface area contributed by atoms with Crippen molar-refractivity contribution in [3.05, 3.63) is 24.3 Å². The fraction of sp³-hybridized carbons (Fsp3) is 0.727. The highest BCUT2D eigenvalue weighted by Crippen LogP contribution is 2.10. The number of amides is 2. The summed E-state index contributed by atoms with van der Waals surface area (Å²) >= 11 is 0. The van der Waals surface area contributed by atoms with Crippen LogP contribution < -0.4 is 10.6 Å². The molecule has 27 heavy (non-hydrogen) atoms. The maximum atomic E-state index is 12.2. The molecule has 0 heterocycles. The van der Waals surface area contributed by atoms with Gasteiger partial charge in [-0.3, -0.25) is 9.59 Å². The summed E-state index contributed by atoms with van der Waals surface area (Å²) in [5, 5.41) is 15.1. The summed E-state index contributed by atoms with van der Waals surface area (Å²) in [6.07, 6.45) is 17.9. The fourth-order valence-corrected chi connectivity index (χ4v) is 2.79. The molecule has 5 heteroatoms. The molecule has 2 amide bonds. The van der Waals surface area contributed by atoms with E-state index >= 15 is 0 Å². The SMILES string of the molecule is CC=CC=CC(=O)NC(C(=O)NCCCCCCCCCCCC)C(C)O. The molecular formula is C22H40N2O3. The smallest absolute Gasteiger partial charge is 0.245 e. The third-order valence-corrected chi connectivity index (χ3v) is 4.44. The number of nitrogens with one attached hydrogen (secondary N) is 2. The molecule has 0 spiro atoms. The summed E-state index contributed by atoms with van der Waals surface area (Å²) in [6, 6.07) is -0.934. The molecule has 0 aliphatic heterocycles. The maximum absolute atomic E-state index is 12.2. The van der Waals surface area contributed by atoms with Gasteiger partial charge in [-0.1, -0.05) is 82.9 Å². The monoisotopic (exact) mass is 380 g/mol. The lowest BCUT2D eigenvalue weighted by Crippen LogP contribution is -2.52. The standard InChI is InChI=1S/C22H40N2O3/c1-4-6-8-9-10-11-12-13-14-16-18-23-22(27)21(19(3)25)24-20(26)17-15-7-5-2/h5,7,15,17,19,21,25H,4,6,8-14,16,18H2,1-3H3,(H,23,27)(H,24,26). The molecule has 0 aliphatic rings. The van der Waals surface area contributed by atoms with Crippen molar-refractivity contribution in [1.29, 1.82) is 0 Å². The molecule has 0 aromatic carbocycles. The van der Waals surface area contributed by atoms with Gasteiger partial charge in [0.1, 0.15) is 6.04 Å². The van der Waals surface area contributed by atoms with E-state index in [4.69, 9.17) is 0 Å². The second-order valence-electron chi connectivity index (χ2n) is 7.08. The van der Waals surface area contributed by atoms with Gasteiger partial charge in [-0.15, -0.1) is 0 Å². The predicted molar refractivity (Wildman–Crippen MR) is 112 cm³/mol. The first-order valence-corrected chi connectivity index (χ1v) is 10.6. The molecular weight excluding hydrogens is 340 g/mol. The van der Waals surface area contributed by atoms with Crippen LogP contribution in [-0.2, 0) is 9.59 Å². The lowest BCUT2D eigenvalue weighted by atomic mass is 10.1. The highest BCUT2D eigenvalue weighted by Gasteiger charge is 2.24. The van der Waals surface area contributed by atoms with Gasteiger partial charge in [0.15, 0.2) is 0 Å². The lowest BCUT2D eigenvalue weighted by Gasteiger charge is -2.20. The van der Waals surface area contributed by atoms with E-state index in [1.165, 1.54) is 64.4 Å². The number of carbonyl (C=O) groups is 2. The number of hydrogen-bond donors (Lipinski definition) is 3. The van der Waals surface area contributed by atoms with Gasteiger partial charge in [-0.25, -0.2) is 0 Å². The Morgan fingerprint density at radius 1 is 0.926 bits per heavy atom. The third-order valence-electron chi connectivity index (χ3n) is 4.44. The highest BCUT2D eigenvalue weighted by molar-refractivity contribution is 5.93. The van der Waals surface area contributed by atoms with Crippen LogP contribution in [0.15, 0.2) is 24.3 Å². The van der Waals surface area contributed by atoms with Crippen LogP contribution in [0, 0.1) is 0 Å². The van der Waals surface area contributed by atoms with E-state index in [1.54, 1.807) is 18.2 Å². The molecule has 0 bridgehead atoms. The van der Waals surface area contributed by atoms with E-state index < -0.39 is 18.1 Å². The Morgan fingerprint density at radius 3 is 2.00 bits per heavy atom. The third kappa shape index (κ3) is 15.2. The average molecular weight is 381 g/mol. The summed E-state index contributed by atoms with van der Waals surface area (Å²) in [5.74, 6) is -0.734. The van der Waals surface area contributed by atoms with Gasteiger partial charge in [0.05, 0.1) is 6.10 Å². The summed E-state index contributed by atoms with van der Waals surface area (Å²) in [5.41, 5.74) is 0. The van der Waals surface area contributed by atoms with Gasteiger partial charge in [0.25, 0.3) is 0 Å². The molecule has 0 saturated heterocycles. The fourth-order valence-electron chi connectivity index (χ4n) is 2.79. The van der Waals surface area contributed by atoms with Crippen LogP contribution in [0.3, 0.4) is 0 Å². The summed E-state index contributed by atoms with van der Waals surface area (Å²) < 4.78 is 0. The molecule has 2 atom stereocenters. The Kier molecular flexibility index (Phi) is 16.7. The number of allylic oxidation sites excluding steroid dienone is 3. The van der Waals surface area contributed by atoms with Crippen molar-refractivity contribution in [2.24, 2.45) is 0 Å². The van der Waals surface area contributed by atoms with Crippen molar-refractivity contribution >= 4 is 11.8 Å². The zero-order valence-corrected chi connectivity index (χ0v) is 17.5. The largest absolute Gasteiger partial charge is 0.391 e. The summed E-state index contributed by atoms with van der Waals surface area (Å²) in [7, 11) is 0. The Balaban J connectivity index is 3.87. The number of rotatable bonds is 16. The molecule has 156 valence electrons. The molecule has 2 unspecified atom stereocenters. The van der Waals surface area contributed by atoms with Crippen molar-refractivity contribution in [2.45, 2.75) is 97.1 Å². The van der Waals surface area contributed by atoms with E-state index in [2.05, 4.69) is 17.6 Å². The molecule has 0 saturated carbocycles. The Labute approximate surface area is 165 Å². The molecule has 0 aliphatic carbocycles. The Morgan fingerprint density at radius 2 is 1.48 bits per heavy atom. The van der Waals surface area contributed by atoms with Crippen molar-refractivity contribution in [3.63, 3.8) is 0 Å². The summed E-state index contributed by atoms with van der Waals surface area (Å²) in [6.45, 7) is 6.16. The van der Waals surface area contributed by atoms with E-state index in [0.717, 1.165) is 12.8 Å². The van der Waals surface area contributed by atoms with Crippen molar-refractivity contribution < 1.29 is 14.7 Å². The van der Waals surface area contributed by atoms with Crippen LogP contribution in [0.5, 0.6) is 0 Å². The van der Waals surface area contributed by atoms with Gasteiger partial charge >= 0.3 is 0 Å². The minimum atomic E-state index is -0.947. The van der Waals surface area contributed by atoms with Crippen molar-refractivity contribution in [3.8, 4) is 0 Å². The number of aliphatic hydroxyl groups is 1. The number of unbranched alkanes of at least 4 members (excludes halogenated alkanes) is 9. The van der Waals surface area contributed by atoms with Crippen LogP contribution in [0.25, 0.3) is 0 Å². The summed E-state index contributed by atoms with van der Waals surface area (Å²) in [4.78, 5) is 24.0. The molecule has 3 N–H and O–H groups in total. The molecule has 5 nitrogen and oxygen atoms in total. The van der Waals surface area contributed by atoms with E-state index in [-0.39, 0.29) is 5.91 Å². The number of hydrogen-bond acceptors (Lipinski definition) is 3. The van der Waals surface area contributed by atoms with Crippen LogP contribution >= 0.6 is 0 Å². The minimum Gasteiger partial charge on any atom is -0.391 e. The van der Waals surface area contributed by atoms with Gasteiger partial charge in [-0.2, -0.15) is 0 Å². The zero-order valence-electron chi connectivity index (χ0n) is 17.5. The molecule has 0 rings (SSSR count). The second-order valence-corrected chi connectivity index (χ2v) is 7.08. The minimum absolute atomic E-state index is 0.339. The lowest BCUT2D eigenvalue weighted by molar-refractivity contribution is -0.129. The van der Waals surface area contributed by atoms with E-state index in [9.17, 15) is 14.7 Å². The average Bonchev–Trinajstić information content (AvgIpc) is 2.64. The molecule has 0 fully saturated rings. The van der Waals surface area contributed by atoms with Gasteiger partial charge in [-0.05, 0) is 20.3 Å². The maximum Gasteiger partial charge on any atom is 0.245 e. The first-order chi connectivity index (χ1) is 13.0. The normalized spacial score (nSPS) is 13.8. The first-order valence-electron chi connectivity index (χ1n) is 10.6. The Hall–Kier alpha value is -1.62. The highest BCUT2D eigenvalue weighted by atomic mass is 16.3. The van der Waals surface area contributed by atoms with Crippen molar-refractivity contribution in [1.82, 2.24) is 10.6 Å². The topological polar surface area (TPSA) is 78.4 Å². The van der Waals surface area contributed by atoms with Gasteiger partial charge in [0.2, 0.25) is 11.8 Å². The van der Waals surface area contributed by atoms with Crippen LogP contribution in [0.4, 0.5) is 0 Å². The predicted octanol–water partition coefficient (Wildman–Crippen LogP) is 4.02. The number of aliphatic hydroxyl groups excluding tert-OH is 1. The second kappa shape index (κ2) is 17.8. The van der Waals surface area contributed by atoms with Crippen LogP contribution in [0.1, 0.15) is 85.0 Å². The van der Waals surface area contributed by atoms with Crippen LogP contribution in [-0.4, -0.2) is 35.6 Å². The van der Waals surface area contributed by atoms with Gasteiger partial charge in [0, 0.05) is 12.6 Å². The molecule has 0 radical (unpaired) electrons. The van der Waals surface area contributed by atoms with E-state index in [0.29, 0.717) is 6.54 Å². The number of carbonyl (C=O) groups excluding carboxylic acids is 2. The quantitative estimate of drug-likeness (QED) is 0.215. The van der Waals surface area contributed by atoms with Crippen LogP contribution in [0.2, 0.25) is 0 Å². The van der Waals surface area contributed by atoms with E-state index in [1.807, 2.05) is 6.92 Å². The zero-order chi connectivity index (χ0) is 20.3. The van der Waals surface area contributed by atoms with Crippen molar-refractivity contribution in [2.75, 3.05) is 6.54 Å². The van der Waals surface area contributed by atoms with Gasteiger partial charge < -0.3 is 15.7 Å². The molecule has 0 aromatic heterocycles. The Bertz CT molecular complexity index is 445. The molecule has 0 aromatic rings. The first kappa shape index (κ1) is 25.4.